The summed E-state index contributed by atoms with van der Waals surface area (Å²) in [4.78, 5) is 0. The Balaban J connectivity index is -0.0000000427. The van der Waals surface area contributed by atoms with Crippen molar-refractivity contribution in [3.05, 3.63) is 63.3 Å². The van der Waals surface area contributed by atoms with Gasteiger partial charge in [-0.1, -0.05) is 92.2 Å². The van der Waals surface area contributed by atoms with Crippen LogP contribution in [0.2, 0.25) is 0 Å². The maximum Gasteiger partial charge on any atom is 0.00676 e. The van der Waals surface area contributed by atoms with Gasteiger partial charge in [-0.2, -0.15) is 0 Å². The van der Waals surface area contributed by atoms with Crippen LogP contribution in [0.3, 0.4) is 0 Å². The lowest BCUT2D eigenvalue weighted by molar-refractivity contribution is 0.626. The smallest absolute Gasteiger partial charge is 0.00676 e. The fraction of sp³-hybridized carbons (Fsp3) is 0.583. The Bertz CT molecular complexity index is 218. The van der Waals surface area contributed by atoms with Gasteiger partial charge in [0.1, 0.15) is 0 Å². The lowest BCUT2D eigenvalue weighted by Crippen LogP contribution is -1.89. The molecule has 0 aromatic rings. The zero-order chi connectivity index (χ0) is 21.0. The number of hydrogen-bond acceptors (Lipinski definition) is 0. The van der Waals surface area contributed by atoms with Gasteiger partial charge in [0.25, 0.3) is 0 Å². The first-order chi connectivity index (χ1) is 11.4. The molecule has 0 fully saturated rings. The molecular weight excluding hydrogens is 288 g/mol. The van der Waals surface area contributed by atoms with Crippen LogP contribution in [0.1, 0.15) is 82.1 Å². The zero-order valence-electron chi connectivity index (χ0n) is 18.9. The molecule has 1 aliphatic carbocycles. The molecule has 0 nitrogen and oxygen atoms in total. The van der Waals surface area contributed by atoms with Crippen LogP contribution in [0, 0.1) is 11.3 Å². The van der Waals surface area contributed by atoms with Crippen molar-refractivity contribution in [2.75, 3.05) is 0 Å². The van der Waals surface area contributed by atoms with Crippen LogP contribution in [0.25, 0.3) is 0 Å². The summed E-state index contributed by atoms with van der Waals surface area (Å²) in [7, 11) is 0. The quantitative estimate of drug-likeness (QED) is 0.449. The van der Waals surface area contributed by atoms with Crippen molar-refractivity contribution in [2.24, 2.45) is 11.3 Å². The standard InChI is InChI=1S/C7H10.C5H12.2C3H6.2C2H6.C2H4/c1-3-4-7(2)5-6-7;1-4-5(2)3;2*1-3-2;3*1-2/h3,5-6H,1,4H2,2H3;5H,4H2,1-3H3;2*3H,1H2,2H3;2*1-2H3;1-2H2. The summed E-state index contributed by atoms with van der Waals surface area (Å²) in [6.45, 7) is 37.0. The highest BCUT2D eigenvalue weighted by Crippen LogP contribution is 2.37. The van der Waals surface area contributed by atoms with Crippen LogP contribution in [-0.4, -0.2) is 0 Å². The van der Waals surface area contributed by atoms with E-state index in [9.17, 15) is 0 Å². The van der Waals surface area contributed by atoms with Crippen LogP contribution < -0.4 is 0 Å². The van der Waals surface area contributed by atoms with E-state index in [0.717, 1.165) is 12.3 Å². The summed E-state index contributed by atoms with van der Waals surface area (Å²) in [5.74, 6) is 0.884. The third-order valence-corrected chi connectivity index (χ3v) is 2.14. The second-order valence-electron chi connectivity index (χ2n) is 4.95. The molecule has 0 heteroatoms. The van der Waals surface area contributed by atoms with Gasteiger partial charge in [-0.3, -0.25) is 0 Å². The van der Waals surface area contributed by atoms with E-state index >= 15 is 0 Å². The van der Waals surface area contributed by atoms with Gasteiger partial charge in [0.2, 0.25) is 0 Å². The van der Waals surface area contributed by atoms with Gasteiger partial charge < -0.3 is 0 Å². The molecule has 0 amide bonds. The van der Waals surface area contributed by atoms with Gasteiger partial charge >= 0.3 is 0 Å². The Labute approximate surface area is 157 Å². The summed E-state index contributed by atoms with van der Waals surface area (Å²) >= 11 is 0. The SMILES string of the molecule is C=C.C=CC.C=CC.C=CCC1(C)C=C1.CC.CC.CCC(C)C. The highest BCUT2D eigenvalue weighted by atomic mass is 14.3. The largest absolute Gasteiger partial charge is 0.106 e. The summed E-state index contributed by atoms with van der Waals surface area (Å²) in [5.41, 5.74) is 0.432. The van der Waals surface area contributed by atoms with Crippen LogP contribution in [0.5, 0.6) is 0 Å². The Morgan fingerprint density at radius 3 is 1.12 bits per heavy atom. The van der Waals surface area contributed by atoms with Gasteiger partial charge in [0.15, 0.2) is 0 Å². The van der Waals surface area contributed by atoms with Crippen molar-refractivity contribution in [2.45, 2.75) is 82.1 Å². The molecule has 0 aromatic carbocycles. The molecule has 0 saturated heterocycles. The van der Waals surface area contributed by atoms with Crippen molar-refractivity contribution in [1.29, 1.82) is 0 Å². The minimum absolute atomic E-state index is 0.432. The molecule has 1 aliphatic rings. The highest BCUT2D eigenvalue weighted by Gasteiger charge is 2.24. The third-order valence-electron chi connectivity index (χ3n) is 2.14. The molecule has 0 atom stereocenters. The van der Waals surface area contributed by atoms with E-state index in [1.165, 1.54) is 6.42 Å². The molecule has 0 unspecified atom stereocenters. The fourth-order valence-corrected chi connectivity index (χ4v) is 0.589. The summed E-state index contributed by atoms with van der Waals surface area (Å²) < 4.78 is 0. The lowest BCUT2D eigenvalue weighted by atomic mass is 10.0. The maximum absolute atomic E-state index is 3.65. The maximum atomic E-state index is 3.65. The fourth-order valence-electron chi connectivity index (χ4n) is 0.589. The second-order valence-corrected chi connectivity index (χ2v) is 4.95. The van der Waals surface area contributed by atoms with E-state index < -0.39 is 0 Å². The van der Waals surface area contributed by atoms with E-state index in [1.54, 1.807) is 12.2 Å². The minimum Gasteiger partial charge on any atom is -0.106 e. The Kier molecular flexibility index (Phi) is 68.7. The molecule has 0 spiro atoms. The summed E-state index contributed by atoms with van der Waals surface area (Å²) in [6.07, 6.45) is 12.3. The van der Waals surface area contributed by atoms with Gasteiger partial charge in [-0.05, 0) is 26.2 Å². The van der Waals surface area contributed by atoms with Crippen LogP contribution in [-0.2, 0) is 0 Å². The first kappa shape index (κ1) is 38.3. The van der Waals surface area contributed by atoms with Gasteiger partial charge in [-0.15, -0.1) is 32.9 Å². The van der Waals surface area contributed by atoms with Crippen molar-refractivity contribution in [3.8, 4) is 0 Å². The molecular formula is C24H50. The predicted molar refractivity (Wildman–Crippen MR) is 123 cm³/mol. The lowest BCUT2D eigenvalue weighted by Gasteiger charge is -2.00. The first-order valence-corrected chi connectivity index (χ1v) is 9.32. The number of rotatable bonds is 3. The second kappa shape index (κ2) is 43.0. The van der Waals surface area contributed by atoms with E-state index in [1.807, 2.05) is 47.6 Å². The summed E-state index contributed by atoms with van der Waals surface area (Å²) in [6, 6.07) is 0. The molecule has 0 aromatic heterocycles. The monoisotopic (exact) mass is 338 g/mol. The van der Waals surface area contributed by atoms with E-state index in [-0.39, 0.29) is 0 Å². The molecule has 1 rings (SSSR count). The first-order valence-electron chi connectivity index (χ1n) is 9.32. The average molecular weight is 339 g/mol. The number of hydrogen-bond donors (Lipinski definition) is 0. The van der Waals surface area contributed by atoms with E-state index in [0.29, 0.717) is 5.41 Å². The van der Waals surface area contributed by atoms with Crippen molar-refractivity contribution < 1.29 is 0 Å². The van der Waals surface area contributed by atoms with Crippen LogP contribution in [0.15, 0.2) is 63.3 Å². The number of allylic oxidation sites excluding steroid dienone is 5. The van der Waals surface area contributed by atoms with Crippen LogP contribution >= 0.6 is 0 Å². The zero-order valence-corrected chi connectivity index (χ0v) is 18.9. The van der Waals surface area contributed by atoms with Gasteiger partial charge in [-0.25, -0.2) is 0 Å². The Morgan fingerprint density at radius 1 is 0.875 bits per heavy atom. The predicted octanol–water partition coefficient (Wildman–Crippen LogP) is 9.43. The molecule has 146 valence electrons. The molecule has 0 radical (unpaired) electrons. The normalized spacial score (nSPS) is 10.1. The Morgan fingerprint density at radius 2 is 1.08 bits per heavy atom. The van der Waals surface area contributed by atoms with E-state index in [4.69, 9.17) is 0 Å². The minimum atomic E-state index is 0.432. The van der Waals surface area contributed by atoms with Gasteiger partial charge in [0, 0.05) is 5.41 Å². The van der Waals surface area contributed by atoms with E-state index in [2.05, 4.69) is 72.7 Å². The summed E-state index contributed by atoms with van der Waals surface area (Å²) in [5, 5.41) is 0. The molecule has 0 bridgehead atoms. The Hall–Kier alpha value is -1.30. The van der Waals surface area contributed by atoms with Gasteiger partial charge in [0.05, 0.1) is 0 Å². The van der Waals surface area contributed by atoms with Crippen molar-refractivity contribution in [1.82, 2.24) is 0 Å². The van der Waals surface area contributed by atoms with Crippen molar-refractivity contribution >= 4 is 0 Å². The molecule has 0 saturated carbocycles. The average Bonchev–Trinajstić information content (AvgIpc) is 3.32. The highest BCUT2D eigenvalue weighted by molar-refractivity contribution is 5.24. The third kappa shape index (κ3) is 85.4. The molecule has 0 aliphatic heterocycles. The molecule has 0 N–H and O–H groups in total. The van der Waals surface area contributed by atoms with Crippen LogP contribution in [0.4, 0.5) is 0 Å². The molecule has 0 heterocycles. The molecule has 24 heavy (non-hydrogen) atoms. The topological polar surface area (TPSA) is 0 Å². The van der Waals surface area contributed by atoms with Crippen molar-refractivity contribution in [3.63, 3.8) is 0 Å².